The summed E-state index contributed by atoms with van der Waals surface area (Å²) in [6, 6.07) is 0.703. The van der Waals surface area contributed by atoms with Gasteiger partial charge < -0.3 is 20.3 Å². The van der Waals surface area contributed by atoms with E-state index in [2.05, 4.69) is 26.6 Å². The van der Waals surface area contributed by atoms with Crippen molar-refractivity contribution in [3.8, 4) is 0 Å². The van der Waals surface area contributed by atoms with Crippen molar-refractivity contribution in [2.45, 2.75) is 19.4 Å². The first-order valence-corrected chi connectivity index (χ1v) is 6.31. The molecule has 18 heavy (non-hydrogen) atoms. The van der Waals surface area contributed by atoms with Crippen LogP contribution in [0.3, 0.4) is 0 Å². The minimum atomic E-state index is -0.508. The van der Waals surface area contributed by atoms with E-state index in [0.29, 0.717) is 10.9 Å². The second-order valence-electron chi connectivity index (χ2n) is 3.87. The summed E-state index contributed by atoms with van der Waals surface area (Å²) in [5.41, 5.74) is -0.123. The smallest absolute Gasteiger partial charge is 0.319 e. The van der Waals surface area contributed by atoms with Gasteiger partial charge in [0.15, 0.2) is 0 Å². The van der Waals surface area contributed by atoms with Crippen LogP contribution < -0.4 is 16.2 Å². The fourth-order valence-electron chi connectivity index (χ4n) is 1.38. The first-order chi connectivity index (χ1) is 8.47. The molecule has 1 rings (SSSR count). The first kappa shape index (κ1) is 14.7. The summed E-state index contributed by atoms with van der Waals surface area (Å²) in [7, 11) is 1.60. The van der Waals surface area contributed by atoms with E-state index in [-0.39, 0.29) is 23.9 Å². The number of aliphatic hydroxyl groups excluding tert-OH is 1. The Balaban J connectivity index is 2.79. The molecule has 0 aliphatic carbocycles. The van der Waals surface area contributed by atoms with Crippen LogP contribution in [-0.4, -0.2) is 28.4 Å². The summed E-state index contributed by atoms with van der Waals surface area (Å²) in [5.74, 6) is 0. The van der Waals surface area contributed by atoms with Crippen molar-refractivity contribution in [3.63, 3.8) is 0 Å². The third-order valence-corrected chi connectivity index (χ3v) is 2.88. The highest BCUT2D eigenvalue weighted by atomic mass is 79.9. The van der Waals surface area contributed by atoms with Crippen molar-refractivity contribution in [2.75, 3.05) is 11.9 Å². The summed E-state index contributed by atoms with van der Waals surface area (Å²) in [5, 5.41) is 14.0. The Hall–Kier alpha value is -1.34. The molecule has 3 N–H and O–H groups in total. The molecule has 0 bridgehead atoms. The van der Waals surface area contributed by atoms with Crippen LogP contribution in [-0.2, 0) is 7.05 Å². The lowest BCUT2D eigenvalue weighted by Crippen LogP contribution is -2.40. The van der Waals surface area contributed by atoms with Gasteiger partial charge in [0.2, 0.25) is 0 Å². The number of urea groups is 1. The number of rotatable bonds is 4. The van der Waals surface area contributed by atoms with Crippen molar-refractivity contribution >= 4 is 27.6 Å². The van der Waals surface area contributed by atoms with Crippen LogP contribution in [0, 0.1) is 0 Å². The van der Waals surface area contributed by atoms with Gasteiger partial charge in [-0.3, -0.25) is 4.79 Å². The molecule has 2 amide bonds. The van der Waals surface area contributed by atoms with Gasteiger partial charge in [-0.1, -0.05) is 6.92 Å². The normalized spacial score (nSPS) is 12.0. The van der Waals surface area contributed by atoms with Gasteiger partial charge in [0, 0.05) is 17.7 Å². The Morgan fingerprint density at radius 2 is 2.28 bits per heavy atom. The summed E-state index contributed by atoms with van der Waals surface area (Å²) < 4.78 is 2.05. The molecule has 0 fully saturated rings. The van der Waals surface area contributed by atoms with E-state index in [9.17, 15) is 9.59 Å². The van der Waals surface area contributed by atoms with Crippen LogP contribution in [0.25, 0.3) is 0 Å². The van der Waals surface area contributed by atoms with Crippen molar-refractivity contribution in [3.05, 3.63) is 27.1 Å². The van der Waals surface area contributed by atoms with E-state index in [0.717, 1.165) is 0 Å². The third-order valence-electron chi connectivity index (χ3n) is 2.45. The van der Waals surface area contributed by atoms with Crippen LogP contribution in [0.15, 0.2) is 21.5 Å². The number of carbonyl (C=O) groups excluding carboxylic acids is 1. The number of halogens is 1. The molecule has 0 radical (unpaired) electrons. The van der Waals surface area contributed by atoms with Gasteiger partial charge in [-0.15, -0.1) is 0 Å². The molecule has 7 heteroatoms. The van der Waals surface area contributed by atoms with E-state index in [1.54, 1.807) is 13.2 Å². The van der Waals surface area contributed by atoms with Gasteiger partial charge >= 0.3 is 6.03 Å². The number of aromatic nitrogens is 1. The molecule has 1 unspecified atom stereocenters. The highest BCUT2D eigenvalue weighted by molar-refractivity contribution is 9.10. The number of nitrogens with zero attached hydrogens (tertiary/aromatic N) is 1. The van der Waals surface area contributed by atoms with Crippen LogP contribution in [0.2, 0.25) is 0 Å². The second kappa shape index (κ2) is 6.55. The summed E-state index contributed by atoms with van der Waals surface area (Å²) >= 11 is 3.24. The highest BCUT2D eigenvalue weighted by Crippen LogP contribution is 2.11. The van der Waals surface area contributed by atoms with Crippen LogP contribution >= 0.6 is 15.9 Å². The largest absolute Gasteiger partial charge is 0.394 e. The number of hydrogen-bond donors (Lipinski definition) is 3. The minimum Gasteiger partial charge on any atom is -0.394 e. The molecule has 0 aliphatic heterocycles. The second-order valence-corrected chi connectivity index (χ2v) is 4.79. The lowest BCUT2D eigenvalue weighted by molar-refractivity contribution is 0.222. The molecule has 1 heterocycles. The molecule has 1 atom stereocenters. The number of carbonyl (C=O) groups is 1. The molecule has 6 nitrogen and oxygen atoms in total. The SMILES string of the molecule is CCC(CO)NC(=O)Nc1cc(Br)cn(C)c1=O. The Bertz CT molecular complexity index is 483. The van der Waals surface area contributed by atoms with E-state index >= 15 is 0 Å². The van der Waals surface area contributed by atoms with Gasteiger partial charge in [0.1, 0.15) is 5.69 Å². The fourth-order valence-corrected chi connectivity index (χ4v) is 1.92. The first-order valence-electron chi connectivity index (χ1n) is 5.52. The highest BCUT2D eigenvalue weighted by Gasteiger charge is 2.11. The van der Waals surface area contributed by atoms with Crippen LogP contribution in [0.4, 0.5) is 10.5 Å². The number of amides is 2. The summed E-state index contributed by atoms with van der Waals surface area (Å²) in [4.78, 5) is 23.4. The summed E-state index contributed by atoms with van der Waals surface area (Å²) in [6.07, 6.45) is 2.22. The lowest BCUT2D eigenvalue weighted by atomic mass is 10.2. The molecule has 1 aromatic rings. The van der Waals surface area contributed by atoms with Gasteiger partial charge in [-0.2, -0.15) is 0 Å². The maximum absolute atomic E-state index is 11.7. The van der Waals surface area contributed by atoms with Crippen molar-refractivity contribution in [2.24, 2.45) is 7.05 Å². The number of nitrogens with one attached hydrogen (secondary N) is 2. The number of hydrogen-bond acceptors (Lipinski definition) is 3. The molecule has 0 spiro atoms. The Labute approximate surface area is 113 Å². The number of pyridine rings is 1. The molecule has 100 valence electrons. The van der Waals surface area contributed by atoms with E-state index in [4.69, 9.17) is 5.11 Å². The lowest BCUT2D eigenvalue weighted by Gasteiger charge is -2.14. The average molecular weight is 318 g/mol. The molecule has 0 aliphatic rings. The number of aryl methyl sites for hydroxylation is 1. The fraction of sp³-hybridized carbons (Fsp3) is 0.455. The zero-order valence-corrected chi connectivity index (χ0v) is 11.8. The molecule has 1 aromatic heterocycles. The molecular formula is C11H16BrN3O3. The van der Waals surface area contributed by atoms with Crippen LogP contribution in [0.5, 0.6) is 0 Å². The molecule has 0 saturated carbocycles. The van der Waals surface area contributed by atoms with Gasteiger partial charge in [0.25, 0.3) is 5.56 Å². The van der Waals surface area contributed by atoms with Gasteiger partial charge in [0.05, 0.1) is 12.6 Å². The Morgan fingerprint density at radius 1 is 1.61 bits per heavy atom. The molecule has 0 aromatic carbocycles. The zero-order valence-electron chi connectivity index (χ0n) is 10.2. The zero-order chi connectivity index (χ0) is 13.7. The molecular weight excluding hydrogens is 302 g/mol. The van der Waals surface area contributed by atoms with Crippen LogP contribution in [0.1, 0.15) is 13.3 Å². The number of aliphatic hydroxyl groups is 1. The van der Waals surface area contributed by atoms with E-state index in [1.807, 2.05) is 6.92 Å². The predicted molar refractivity (Wildman–Crippen MR) is 72.7 cm³/mol. The van der Waals surface area contributed by atoms with Gasteiger partial charge in [-0.05, 0) is 28.4 Å². The third kappa shape index (κ3) is 3.85. The summed E-state index contributed by atoms with van der Waals surface area (Å²) in [6.45, 7) is 1.71. The average Bonchev–Trinajstić information content (AvgIpc) is 2.32. The van der Waals surface area contributed by atoms with Crippen molar-refractivity contribution in [1.29, 1.82) is 0 Å². The Kier molecular flexibility index (Phi) is 5.36. The van der Waals surface area contributed by atoms with Crippen molar-refractivity contribution in [1.82, 2.24) is 9.88 Å². The standard InChI is InChI=1S/C11H16BrN3O3/c1-3-8(6-16)13-11(18)14-9-4-7(12)5-15(2)10(9)17/h4-5,8,16H,3,6H2,1-2H3,(H2,13,14,18). The van der Waals surface area contributed by atoms with E-state index in [1.165, 1.54) is 10.6 Å². The minimum absolute atomic E-state index is 0.138. The predicted octanol–water partition coefficient (Wildman–Crippen LogP) is 1.04. The van der Waals surface area contributed by atoms with Crippen molar-refractivity contribution < 1.29 is 9.90 Å². The Morgan fingerprint density at radius 3 is 2.83 bits per heavy atom. The van der Waals surface area contributed by atoms with E-state index < -0.39 is 6.03 Å². The quantitative estimate of drug-likeness (QED) is 0.776. The van der Waals surface area contributed by atoms with Gasteiger partial charge in [-0.25, -0.2) is 4.79 Å². The maximum atomic E-state index is 11.7. The molecule has 0 saturated heterocycles. The number of anilines is 1. The monoisotopic (exact) mass is 317 g/mol. The topological polar surface area (TPSA) is 83.4 Å². The maximum Gasteiger partial charge on any atom is 0.319 e.